The average Bonchev–Trinajstić information content (AvgIpc) is 2.61. The Bertz CT molecular complexity index is 836. The topological polar surface area (TPSA) is 111 Å². The Labute approximate surface area is 147 Å². The van der Waals surface area contributed by atoms with Crippen molar-refractivity contribution in [3.63, 3.8) is 0 Å². The molecule has 0 aliphatic rings. The molecule has 0 saturated heterocycles. The number of methoxy groups -OCH3 is 1. The van der Waals surface area contributed by atoms with Gasteiger partial charge in [-0.05, 0) is 42.5 Å². The number of thiocarbonyl (C=S) groups is 1. The Balaban J connectivity index is 2.01. The number of benzene rings is 2. The number of ether oxygens (including phenoxy) is 1. The van der Waals surface area contributed by atoms with Gasteiger partial charge in [0.2, 0.25) is 0 Å². The van der Waals surface area contributed by atoms with Crippen molar-refractivity contribution in [1.29, 1.82) is 0 Å². The summed E-state index contributed by atoms with van der Waals surface area (Å²) in [4.78, 5) is 33.7. The third-order valence-corrected chi connectivity index (χ3v) is 3.31. The minimum absolute atomic E-state index is 0.0160. The van der Waals surface area contributed by atoms with Crippen LogP contribution in [0.25, 0.3) is 0 Å². The van der Waals surface area contributed by atoms with E-state index in [-0.39, 0.29) is 21.9 Å². The van der Waals surface area contributed by atoms with Crippen molar-refractivity contribution in [1.82, 2.24) is 5.32 Å². The third-order valence-electron chi connectivity index (χ3n) is 3.11. The number of nitrogens with one attached hydrogen (secondary N) is 2. The quantitative estimate of drug-likeness (QED) is 0.373. The van der Waals surface area contributed by atoms with Crippen molar-refractivity contribution in [3.8, 4) is 0 Å². The lowest BCUT2D eigenvalue weighted by Crippen LogP contribution is -2.34. The third kappa shape index (κ3) is 4.82. The van der Waals surface area contributed by atoms with E-state index in [1.807, 2.05) is 0 Å². The summed E-state index contributed by atoms with van der Waals surface area (Å²) in [7, 11) is 1.25. The van der Waals surface area contributed by atoms with Crippen LogP contribution >= 0.6 is 12.2 Å². The maximum absolute atomic E-state index is 12.2. The molecule has 2 aromatic rings. The van der Waals surface area contributed by atoms with Crippen LogP contribution in [0.4, 0.5) is 11.4 Å². The molecule has 0 aliphatic heterocycles. The minimum Gasteiger partial charge on any atom is -0.465 e. The molecule has 2 aromatic carbocycles. The van der Waals surface area contributed by atoms with Gasteiger partial charge in [0.05, 0.1) is 17.6 Å². The molecule has 128 valence electrons. The number of esters is 1. The Morgan fingerprint density at radius 1 is 1.12 bits per heavy atom. The normalized spacial score (nSPS) is 9.80. The molecule has 0 heterocycles. The van der Waals surface area contributed by atoms with Crippen LogP contribution in [0.3, 0.4) is 0 Å². The van der Waals surface area contributed by atoms with Crippen molar-refractivity contribution in [2.75, 3.05) is 12.4 Å². The summed E-state index contributed by atoms with van der Waals surface area (Å²) in [6.07, 6.45) is 0. The summed E-state index contributed by atoms with van der Waals surface area (Å²) in [5.41, 5.74) is 0.902. The molecule has 0 aliphatic carbocycles. The van der Waals surface area contributed by atoms with E-state index in [0.717, 1.165) is 0 Å². The highest BCUT2D eigenvalue weighted by atomic mass is 32.1. The van der Waals surface area contributed by atoms with Crippen LogP contribution in [-0.2, 0) is 4.74 Å². The number of nitro benzene ring substituents is 1. The van der Waals surface area contributed by atoms with E-state index in [4.69, 9.17) is 12.2 Å². The van der Waals surface area contributed by atoms with Gasteiger partial charge in [-0.15, -0.1) is 0 Å². The minimum atomic E-state index is -0.554. The zero-order valence-corrected chi connectivity index (χ0v) is 13.8. The Kier molecular flexibility index (Phi) is 5.75. The number of amides is 1. The van der Waals surface area contributed by atoms with Gasteiger partial charge in [-0.1, -0.05) is 6.07 Å². The number of carbonyl (C=O) groups is 2. The zero-order chi connectivity index (χ0) is 18.4. The van der Waals surface area contributed by atoms with Crippen molar-refractivity contribution < 1.29 is 19.2 Å². The Hall–Kier alpha value is -3.33. The van der Waals surface area contributed by atoms with Gasteiger partial charge in [-0.2, -0.15) is 0 Å². The first-order valence-corrected chi connectivity index (χ1v) is 7.36. The summed E-state index contributed by atoms with van der Waals surface area (Å²) in [6, 6.07) is 11.5. The molecule has 8 nitrogen and oxygen atoms in total. The van der Waals surface area contributed by atoms with Gasteiger partial charge in [0, 0.05) is 23.4 Å². The Morgan fingerprint density at radius 3 is 2.36 bits per heavy atom. The molecule has 0 fully saturated rings. The van der Waals surface area contributed by atoms with Crippen LogP contribution in [0.5, 0.6) is 0 Å². The number of carbonyl (C=O) groups excluding carboxylic acids is 2. The number of rotatable bonds is 4. The molecule has 0 bridgehead atoms. The predicted molar refractivity (Wildman–Crippen MR) is 94.6 cm³/mol. The molecule has 9 heteroatoms. The van der Waals surface area contributed by atoms with Gasteiger partial charge in [0.15, 0.2) is 5.11 Å². The molecular weight excluding hydrogens is 346 g/mol. The highest BCUT2D eigenvalue weighted by Gasteiger charge is 2.12. The van der Waals surface area contributed by atoms with Crippen LogP contribution in [-0.4, -0.2) is 29.0 Å². The van der Waals surface area contributed by atoms with E-state index in [2.05, 4.69) is 15.4 Å². The molecule has 0 aromatic heterocycles. The molecule has 25 heavy (non-hydrogen) atoms. The second-order valence-electron chi connectivity index (χ2n) is 4.78. The summed E-state index contributed by atoms with van der Waals surface area (Å²) in [5, 5.41) is 15.8. The number of anilines is 1. The van der Waals surface area contributed by atoms with E-state index in [0.29, 0.717) is 5.69 Å². The maximum atomic E-state index is 12.2. The zero-order valence-electron chi connectivity index (χ0n) is 13.0. The number of hydrogen-bond donors (Lipinski definition) is 2. The maximum Gasteiger partial charge on any atom is 0.337 e. The molecule has 0 unspecified atom stereocenters. The second kappa shape index (κ2) is 7.97. The summed E-state index contributed by atoms with van der Waals surface area (Å²) < 4.78 is 4.60. The molecular formula is C16H13N3O5S. The smallest absolute Gasteiger partial charge is 0.337 e. The lowest BCUT2D eigenvalue weighted by molar-refractivity contribution is -0.384. The van der Waals surface area contributed by atoms with Gasteiger partial charge in [-0.3, -0.25) is 20.2 Å². The molecule has 2 rings (SSSR count). The summed E-state index contributed by atoms with van der Waals surface area (Å²) in [6.45, 7) is 0. The van der Waals surface area contributed by atoms with Crippen LogP contribution < -0.4 is 10.6 Å². The van der Waals surface area contributed by atoms with Gasteiger partial charge >= 0.3 is 5.97 Å². The summed E-state index contributed by atoms with van der Waals surface area (Å²) in [5.74, 6) is -1.06. The first kappa shape index (κ1) is 18.0. The van der Waals surface area contributed by atoms with Crippen molar-refractivity contribution >= 4 is 40.6 Å². The van der Waals surface area contributed by atoms with Crippen molar-refractivity contribution in [2.24, 2.45) is 0 Å². The van der Waals surface area contributed by atoms with Gasteiger partial charge < -0.3 is 10.1 Å². The highest BCUT2D eigenvalue weighted by molar-refractivity contribution is 7.80. The van der Waals surface area contributed by atoms with E-state index in [9.17, 15) is 19.7 Å². The monoisotopic (exact) mass is 359 g/mol. The van der Waals surface area contributed by atoms with Crippen molar-refractivity contribution in [2.45, 2.75) is 0 Å². The lowest BCUT2D eigenvalue weighted by Gasteiger charge is -2.10. The van der Waals surface area contributed by atoms with Crippen LogP contribution in [0.2, 0.25) is 0 Å². The fourth-order valence-corrected chi connectivity index (χ4v) is 2.12. The highest BCUT2D eigenvalue weighted by Crippen LogP contribution is 2.15. The van der Waals surface area contributed by atoms with E-state index in [1.165, 1.54) is 49.6 Å². The number of nitro groups is 1. The Morgan fingerprint density at radius 2 is 1.76 bits per heavy atom. The van der Waals surface area contributed by atoms with Crippen LogP contribution in [0, 0.1) is 10.1 Å². The fourth-order valence-electron chi connectivity index (χ4n) is 1.91. The van der Waals surface area contributed by atoms with Gasteiger partial charge in [0.25, 0.3) is 11.6 Å². The van der Waals surface area contributed by atoms with Crippen LogP contribution in [0.1, 0.15) is 20.7 Å². The largest absolute Gasteiger partial charge is 0.465 e. The predicted octanol–water partition coefficient (Wildman–Crippen LogP) is 2.51. The van der Waals surface area contributed by atoms with E-state index < -0.39 is 16.8 Å². The SMILES string of the molecule is COC(=O)c1cccc(C(=O)NC(=S)Nc2ccc([N+](=O)[O-])cc2)c1. The first-order chi connectivity index (χ1) is 11.9. The number of nitrogens with zero attached hydrogens (tertiary/aromatic N) is 1. The lowest BCUT2D eigenvalue weighted by atomic mass is 10.1. The summed E-state index contributed by atoms with van der Waals surface area (Å²) >= 11 is 5.04. The number of hydrogen-bond acceptors (Lipinski definition) is 6. The molecule has 2 N–H and O–H groups in total. The molecule has 0 atom stereocenters. The van der Waals surface area contributed by atoms with Gasteiger partial charge in [0.1, 0.15) is 0 Å². The molecule has 0 saturated carbocycles. The molecule has 0 radical (unpaired) electrons. The molecule has 0 spiro atoms. The first-order valence-electron chi connectivity index (χ1n) is 6.96. The van der Waals surface area contributed by atoms with Crippen LogP contribution in [0.15, 0.2) is 48.5 Å². The second-order valence-corrected chi connectivity index (χ2v) is 5.19. The molecule has 1 amide bonds. The fraction of sp³-hybridized carbons (Fsp3) is 0.0625. The van der Waals surface area contributed by atoms with E-state index in [1.54, 1.807) is 6.07 Å². The average molecular weight is 359 g/mol. The van der Waals surface area contributed by atoms with E-state index >= 15 is 0 Å². The number of non-ortho nitro benzene ring substituents is 1. The van der Waals surface area contributed by atoms with Gasteiger partial charge in [-0.25, -0.2) is 4.79 Å². The van der Waals surface area contributed by atoms with Crippen molar-refractivity contribution in [3.05, 3.63) is 69.8 Å². The standard InChI is InChI=1S/C16H13N3O5S/c1-24-15(21)11-4-2-3-10(9-11)14(20)18-16(25)17-12-5-7-13(8-6-12)19(22)23/h2-9H,1H3,(H2,17,18,20,25).